The zero-order valence-corrected chi connectivity index (χ0v) is 19.0. The summed E-state index contributed by atoms with van der Waals surface area (Å²) < 4.78 is 2.85. The lowest BCUT2D eigenvalue weighted by Gasteiger charge is -2.16. The maximum Gasteiger partial charge on any atom is 0.283 e. The van der Waals surface area contributed by atoms with Crippen LogP contribution in [0.3, 0.4) is 0 Å². The van der Waals surface area contributed by atoms with Crippen LogP contribution in [0.2, 0.25) is 0 Å². The molecule has 0 bridgehead atoms. The van der Waals surface area contributed by atoms with Crippen LogP contribution in [0.1, 0.15) is 13.8 Å². The molecular formula is C23H20N4O2S2. The van der Waals surface area contributed by atoms with Gasteiger partial charge in [-0.2, -0.15) is 10.1 Å². The molecule has 0 radical (unpaired) electrons. The maximum atomic E-state index is 13.3. The van der Waals surface area contributed by atoms with Gasteiger partial charge >= 0.3 is 0 Å². The van der Waals surface area contributed by atoms with Crippen molar-refractivity contribution in [3.63, 3.8) is 0 Å². The number of thiazole rings is 1. The number of anilines is 2. The van der Waals surface area contributed by atoms with Gasteiger partial charge in [-0.25, -0.2) is 0 Å². The highest BCUT2D eigenvalue weighted by atomic mass is 32.2. The number of benzene rings is 2. The number of carbonyl (C=O) groups excluding carboxylic acids is 1. The van der Waals surface area contributed by atoms with Crippen LogP contribution in [0, 0.1) is 0 Å². The fraction of sp³-hybridized carbons (Fsp3) is 0.174. The van der Waals surface area contributed by atoms with Crippen molar-refractivity contribution in [1.29, 1.82) is 0 Å². The van der Waals surface area contributed by atoms with Crippen molar-refractivity contribution in [2.45, 2.75) is 18.7 Å². The highest BCUT2D eigenvalue weighted by Crippen LogP contribution is 2.45. The predicted molar refractivity (Wildman–Crippen MR) is 128 cm³/mol. The van der Waals surface area contributed by atoms with Gasteiger partial charge in [-0.3, -0.25) is 9.59 Å². The summed E-state index contributed by atoms with van der Waals surface area (Å²) in [6, 6.07) is 17.5. The fourth-order valence-corrected chi connectivity index (χ4v) is 6.40. The van der Waals surface area contributed by atoms with Crippen LogP contribution in [0.15, 0.2) is 69.4 Å². The van der Waals surface area contributed by atoms with Crippen LogP contribution >= 0.6 is 23.1 Å². The van der Waals surface area contributed by atoms with Crippen molar-refractivity contribution < 1.29 is 4.79 Å². The molecule has 2 aliphatic heterocycles. The zero-order chi connectivity index (χ0) is 21.7. The molecule has 2 aliphatic rings. The second-order valence-corrected chi connectivity index (χ2v) is 9.26. The van der Waals surface area contributed by atoms with Crippen molar-refractivity contribution >= 4 is 56.7 Å². The molecule has 1 amide bonds. The average molecular weight is 449 g/mol. The van der Waals surface area contributed by atoms with Crippen LogP contribution in [0.4, 0.5) is 11.4 Å². The normalized spacial score (nSPS) is 19.2. The number of rotatable bonds is 2. The Kier molecular flexibility index (Phi) is 4.83. The number of nitrogens with zero attached hydrogens (tertiary/aromatic N) is 4. The third kappa shape index (κ3) is 3.05. The molecule has 0 N–H and O–H groups in total. The van der Waals surface area contributed by atoms with Gasteiger partial charge in [0.25, 0.3) is 11.5 Å². The molecular weight excluding hydrogens is 428 g/mol. The molecule has 0 saturated heterocycles. The van der Waals surface area contributed by atoms with Crippen LogP contribution in [-0.2, 0) is 11.8 Å². The molecule has 0 saturated carbocycles. The topological polar surface area (TPSA) is 57.9 Å². The Hall–Kier alpha value is -3.10. The minimum absolute atomic E-state index is 0.0972. The number of aromatic nitrogens is 1. The third-order valence-electron chi connectivity index (χ3n) is 5.35. The fourth-order valence-electron chi connectivity index (χ4n) is 3.82. The quantitative estimate of drug-likeness (QED) is 0.605. The van der Waals surface area contributed by atoms with Gasteiger partial charge in [-0.1, -0.05) is 42.1 Å². The summed E-state index contributed by atoms with van der Waals surface area (Å²) in [7, 11) is 1.72. The van der Waals surface area contributed by atoms with Crippen molar-refractivity contribution in [1.82, 2.24) is 4.57 Å². The summed E-state index contributed by atoms with van der Waals surface area (Å²) in [5.41, 5.74) is 2.80. The molecule has 3 heterocycles. The number of hydrazone groups is 1. The van der Waals surface area contributed by atoms with Gasteiger partial charge in [-0.05, 0) is 38.1 Å². The number of hydrogen-bond donors (Lipinski definition) is 0. The Morgan fingerprint density at radius 3 is 2.45 bits per heavy atom. The van der Waals surface area contributed by atoms with Gasteiger partial charge < -0.3 is 9.47 Å². The summed E-state index contributed by atoms with van der Waals surface area (Å²) in [6.45, 7) is 4.64. The summed E-state index contributed by atoms with van der Waals surface area (Å²) >= 11 is 2.97. The number of hydrogen-bond acceptors (Lipinski definition) is 6. The van der Waals surface area contributed by atoms with E-state index in [4.69, 9.17) is 0 Å². The van der Waals surface area contributed by atoms with E-state index < -0.39 is 0 Å². The summed E-state index contributed by atoms with van der Waals surface area (Å²) in [6.07, 6.45) is 0. The lowest BCUT2D eigenvalue weighted by atomic mass is 10.2. The maximum absolute atomic E-state index is 13.3. The van der Waals surface area contributed by atoms with Gasteiger partial charge in [0, 0.05) is 18.5 Å². The highest BCUT2D eigenvalue weighted by Gasteiger charge is 2.32. The van der Waals surface area contributed by atoms with Crippen molar-refractivity contribution in [2.75, 3.05) is 16.5 Å². The second kappa shape index (κ2) is 7.55. The van der Waals surface area contributed by atoms with Gasteiger partial charge in [0.1, 0.15) is 14.2 Å². The summed E-state index contributed by atoms with van der Waals surface area (Å²) in [4.78, 5) is 29.8. The summed E-state index contributed by atoms with van der Waals surface area (Å²) in [5.74, 6) is -0.216. The van der Waals surface area contributed by atoms with Crippen molar-refractivity contribution in [3.8, 4) is 0 Å². The highest BCUT2D eigenvalue weighted by molar-refractivity contribution is 8.08. The minimum atomic E-state index is -0.216. The summed E-state index contributed by atoms with van der Waals surface area (Å²) in [5, 5.41) is 6.79. The lowest BCUT2D eigenvalue weighted by Crippen LogP contribution is -2.34. The smallest absolute Gasteiger partial charge is 0.283 e. The Morgan fingerprint density at radius 1 is 1.00 bits per heavy atom. The monoisotopic (exact) mass is 448 g/mol. The van der Waals surface area contributed by atoms with E-state index in [1.165, 1.54) is 16.3 Å². The molecule has 31 heavy (non-hydrogen) atoms. The molecule has 0 spiro atoms. The molecule has 1 aromatic heterocycles. The van der Waals surface area contributed by atoms with Gasteiger partial charge in [0.05, 0.1) is 22.7 Å². The van der Waals surface area contributed by atoms with Gasteiger partial charge in [0.15, 0.2) is 0 Å². The largest absolute Gasteiger partial charge is 0.334 e. The first-order chi connectivity index (χ1) is 15.0. The molecule has 0 aliphatic carbocycles. The van der Waals surface area contributed by atoms with E-state index in [1.807, 2.05) is 49.4 Å². The molecule has 5 rings (SSSR count). The van der Waals surface area contributed by atoms with Crippen molar-refractivity contribution in [3.05, 3.63) is 74.1 Å². The van der Waals surface area contributed by atoms with E-state index in [9.17, 15) is 9.59 Å². The van der Waals surface area contributed by atoms with Crippen molar-refractivity contribution in [2.24, 2.45) is 12.1 Å². The molecule has 0 fully saturated rings. The van der Waals surface area contributed by atoms with E-state index >= 15 is 0 Å². The molecule has 2 aromatic carbocycles. The van der Waals surface area contributed by atoms with E-state index in [0.29, 0.717) is 26.2 Å². The Morgan fingerprint density at radius 2 is 1.71 bits per heavy atom. The number of thioether (sulfide) groups is 1. The van der Waals surface area contributed by atoms with E-state index in [0.717, 1.165) is 22.2 Å². The minimum Gasteiger partial charge on any atom is -0.334 e. The molecule has 6 nitrogen and oxygen atoms in total. The molecule has 0 unspecified atom stereocenters. The standard InChI is InChI=1S/C23H20N4O2S2/c1-4-26-16-12-8-9-13-17(16)30-23(26)19-21(29)25(3)22(31-19)18-14(2)24-27(20(18)28)15-10-6-5-7-11-15/h5-13H,4H2,1-3H3. The van der Waals surface area contributed by atoms with Crippen LogP contribution < -0.4 is 24.7 Å². The molecule has 156 valence electrons. The van der Waals surface area contributed by atoms with E-state index in [1.54, 1.807) is 23.4 Å². The van der Waals surface area contributed by atoms with Gasteiger partial charge in [0.2, 0.25) is 0 Å². The molecule has 8 heteroatoms. The molecule has 3 aromatic rings. The van der Waals surface area contributed by atoms with Gasteiger partial charge in [-0.15, -0.1) is 11.3 Å². The second-order valence-electron chi connectivity index (χ2n) is 7.23. The number of fused-ring (bicyclic) bond motifs is 1. The lowest BCUT2D eigenvalue weighted by molar-refractivity contribution is -0.112. The van der Waals surface area contributed by atoms with Crippen LogP contribution in [0.25, 0.3) is 10.6 Å². The Labute approximate surface area is 187 Å². The number of para-hydroxylation sites is 2. The third-order valence-corrected chi connectivity index (χ3v) is 7.91. The first-order valence-corrected chi connectivity index (χ1v) is 11.6. The van der Waals surface area contributed by atoms with E-state index in [2.05, 4.69) is 29.1 Å². The van der Waals surface area contributed by atoms with Crippen LogP contribution in [-0.4, -0.2) is 22.7 Å². The number of amides is 1. The van der Waals surface area contributed by atoms with Crippen LogP contribution in [0.5, 0.6) is 0 Å². The Bertz CT molecular complexity index is 1420. The average Bonchev–Trinajstić information content (AvgIpc) is 3.40. The predicted octanol–water partition coefficient (Wildman–Crippen LogP) is 2.72. The first kappa shape index (κ1) is 19.8. The first-order valence-electron chi connectivity index (χ1n) is 9.95. The SMILES string of the molecule is CCN1C(=c2sc(=C3C(=O)N(c4ccccc4)N=C3C)n(C)c2=O)Sc2ccccc21. The molecule has 0 atom stereocenters. The zero-order valence-electron chi connectivity index (χ0n) is 17.3. The Balaban J connectivity index is 1.71. The van der Waals surface area contributed by atoms with E-state index in [-0.39, 0.29) is 11.5 Å². The number of carbonyl (C=O) groups is 1.